The molecule has 0 fully saturated rings. The van der Waals surface area contributed by atoms with Gasteiger partial charge in [0, 0.05) is 25.0 Å². The van der Waals surface area contributed by atoms with Crippen LogP contribution in [0.25, 0.3) is 0 Å². The molecule has 132 valence electrons. The molecule has 1 heterocycles. The van der Waals surface area contributed by atoms with Crippen LogP contribution in [0.4, 0.5) is 0 Å². The fourth-order valence-corrected chi connectivity index (χ4v) is 2.13. The molecule has 6 heteroatoms. The molecule has 0 aliphatic carbocycles. The lowest BCUT2D eigenvalue weighted by molar-refractivity contribution is 0.0939. The fourth-order valence-electron chi connectivity index (χ4n) is 2.13. The van der Waals surface area contributed by atoms with Gasteiger partial charge in [0.05, 0.1) is 18.2 Å². The van der Waals surface area contributed by atoms with Crippen molar-refractivity contribution in [1.29, 1.82) is 0 Å². The zero-order valence-electron chi connectivity index (χ0n) is 14.7. The Hall–Kier alpha value is -2.89. The molecule has 1 unspecified atom stereocenters. The monoisotopic (exact) mass is 341 g/mol. The van der Waals surface area contributed by atoms with Crippen molar-refractivity contribution in [3.63, 3.8) is 0 Å². The van der Waals surface area contributed by atoms with Crippen LogP contribution < -0.4 is 15.4 Å². The predicted molar refractivity (Wildman–Crippen MR) is 95.6 cm³/mol. The summed E-state index contributed by atoms with van der Waals surface area (Å²) in [5.41, 5.74) is 1.68. The van der Waals surface area contributed by atoms with E-state index in [1.807, 2.05) is 38.1 Å². The molecule has 2 aromatic rings. The van der Waals surface area contributed by atoms with E-state index in [1.54, 1.807) is 13.2 Å². The van der Waals surface area contributed by atoms with Crippen LogP contribution in [-0.4, -0.2) is 29.9 Å². The van der Waals surface area contributed by atoms with Gasteiger partial charge in [-0.1, -0.05) is 19.1 Å². The maximum atomic E-state index is 12.3. The minimum Gasteiger partial charge on any atom is -0.497 e. The summed E-state index contributed by atoms with van der Waals surface area (Å²) in [5.74, 6) is 0.257. The van der Waals surface area contributed by atoms with Gasteiger partial charge < -0.3 is 15.4 Å². The number of carbonyl (C=O) groups excluding carboxylic acids is 2. The van der Waals surface area contributed by atoms with Crippen LogP contribution in [0.2, 0.25) is 0 Å². The van der Waals surface area contributed by atoms with E-state index in [4.69, 9.17) is 4.74 Å². The Kier molecular flexibility index (Phi) is 6.51. The summed E-state index contributed by atoms with van der Waals surface area (Å²) in [7, 11) is 1.61. The van der Waals surface area contributed by atoms with Crippen LogP contribution in [0.3, 0.4) is 0 Å². The SMILES string of the molecule is CCC(C)NC(=O)c1cncc(C(=O)NCc2ccc(OC)cc2)c1. The summed E-state index contributed by atoms with van der Waals surface area (Å²) < 4.78 is 5.10. The van der Waals surface area contributed by atoms with Gasteiger partial charge in [-0.15, -0.1) is 0 Å². The number of methoxy groups -OCH3 is 1. The molecule has 2 N–H and O–H groups in total. The Balaban J connectivity index is 1.99. The quantitative estimate of drug-likeness (QED) is 0.811. The first kappa shape index (κ1) is 18.4. The zero-order chi connectivity index (χ0) is 18.2. The predicted octanol–water partition coefficient (Wildman–Crippen LogP) is 2.55. The third-order valence-corrected chi connectivity index (χ3v) is 3.86. The van der Waals surface area contributed by atoms with E-state index < -0.39 is 0 Å². The Bertz CT molecular complexity index is 729. The Morgan fingerprint density at radius 3 is 2.36 bits per heavy atom. The van der Waals surface area contributed by atoms with Gasteiger partial charge >= 0.3 is 0 Å². The first-order valence-electron chi connectivity index (χ1n) is 8.20. The fraction of sp³-hybridized carbons (Fsp3) is 0.316. The number of ether oxygens (including phenoxy) is 1. The van der Waals surface area contributed by atoms with Gasteiger partial charge in [-0.25, -0.2) is 0 Å². The van der Waals surface area contributed by atoms with E-state index in [0.29, 0.717) is 17.7 Å². The van der Waals surface area contributed by atoms with E-state index in [9.17, 15) is 9.59 Å². The summed E-state index contributed by atoms with van der Waals surface area (Å²) in [4.78, 5) is 28.4. The number of rotatable bonds is 7. The molecule has 0 radical (unpaired) electrons. The van der Waals surface area contributed by atoms with Crippen molar-refractivity contribution in [1.82, 2.24) is 15.6 Å². The molecule has 1 aromatic heterocycles. The molecule has 0 bridgehead atoms. The van der Waals surface area contributed by atoms with Crippen molar-refractivity contribution < 1.29 is 14.3 Å². The van der Waals surface area contributed by atoms with Crippen LogP contribution in [0, 0.1) is 0 Å². The van der Waals surface area contributed by atoms with E-state index >= 15 is 0 Å². The maximum Gasteiger partial charge on any atom is 0.253 e. The molecule has 0 aliphatic heterocycles. The number of nitrogens with zero attached hydrogens (tertiary/aromatic N) is 1. The van der Waals surface area contributed by atoms with Crippen LogP contribution in [0.5, 0.6) is 5.75 Å². The number of hydrogen-bond acceptors (Lipinski definition) is 4. The van der Waals surface area contributed by atoms with Crippen molar-refractivity contribution in [3.05, 3.63) is 59.4 Å². The maximum absolute atomic E-state index is 12.3. The molecule has 0 saturated carbocycles. The lowest BCUT2D eigenvalue weighted by Crippen LogP contribution is -2.32. The van der Waals surface area contributed by atoms with Crippen molar-refractivity contribution >= 4 is 11.8 Å². The average molecular weight is 341 g/mol. The highest BCUT2D eigenvalue weighted by molar-refractivity contribution is 5.99. The average Bonchev–Trinajstić information content (AvgIpc) is 2.66. The summed E-state index contributed by atoms with van der Waals surface area (Å²) in [6.45, 7) is 4.30. The standard InChI is InChI=1S/C19H23N3O3/c1-4-13(2)22-19(24)16-9-15(11-20-12-16)18(23)21-10-14-5-7-17(25-3)8-6-14/h5-9,11-13H,4,10H2,1-3H3,(H,21,23)(H,22,24). The number of aromatic nitrogens is 1. The number of hydrogen-bond donors (Lipinski definition) is 2. The summed E-state index contributed by atoms with van der Waals surface area (Å²) >= 11 is 0. The van der Waals surface area contributed by atoms with Crippen LogP contribution in [0.15, 0.2) is 42.7 Å². The minimum atomic E-state index is -0.276. The van der Waals surface area contributed by atoms with Crippen molar-refractivity contribution in [3.8, 4) is 5.75 Å². The Morgan fingerprint density at radius 1 is 1.12 bits per heavy atom. The van der Waals surface area contributed by atoms with Gasteiger partial charge in [-0.2, -0.15) is 0 Å². The topological polar surface area (TPSA) is 80.3 Å². The summed E-state index contributed by atoms with van der Waals surface area (Å²) in [6, 6.07) is 9.06. The van der Waals surface area contributed by atoms with Crippen LogP contribution >= 0.6 is 0 Å². The highest BCUT2D eigenvalue weighted by Gasteiger charge is 2.12. The van der Waals surface area contributed by atoms with Gasteiger partial charge in [-0.05, 0) is 37.1 Å². The van der Waals surface area contributed by atoms with Crippen LogP contribution in [-0.2, 0) is 6.54 Å². The largest absolute Gasteiger partial charge is 0.497 e. The Labute approximate surface area is 147 Å². The molecule has 1 aromatic carbocycles. The molecule has 0 aliphatic rings. The minimum absolute atomic E-state index is 0.0695. The molecule has 2 rings (SSSR count). The molecule has 2 amide bonds. The smallest absolute Gasteiger partial charge is 0.253 e. The number of benzene rings is 1. The van der Waals surface area contributed by atoms with Gasteiger partial charge in [0.15, 0.2) is 0 Å². The normalized spacial score (nSPS) is 11.5. The first-order valence-corrected chi connectivity index (χ1v) is 8.20. The van der Waals surface area contributed by atoms with Crippen molar-refractivity contribution in [2.45, 2.75) is 32.9 Å². The second kappa shape index (κ2) is 8.82. The molecular formula is C19H23N3O3. The van der Waals surface area contributed by atoms with E-state index in [2.05, 4.69) is 15.6 Å². The lowest BCUT2D eigenvalue weighted by atomic mass is 10.1. The van der Waals surface area contributed by atoms with E-state index in [-0.39, 0.29) is 17.9 Å². The number of carbonyl (C=O) groups is 2. The van der Waals surface area contributed by atoms with Gasteiger partial charge in [-0.3, -0.25) is 14.6 Å². The van der Waals surface area contributed by atoms with Gasteiger partial charge in [0.1, 0.15) is 5.75 Å². The number of pyridine rings is 1. The molecular weight excluding hydrogens is 318 g/mol. The molecule has 0 saturated heterocycles. The third-order valence-electron chi connectivity index (χ3n) is 3.86. The molecule has 0 spiro atoms. The Morgan fingerprint density at radius 2 is 1.76 bits per heavy atom. The summed E-state index contributed by atoms with van der Waals surface area (Å²) in [6.07, 6.45) is 3.74. The highest BCUT2D eigenvalue weighted by atomic mass is 16.5. The number of nitrogens with one attached hydrogen (secondary N) is 2. The summed E-state index contributed by atoms with van der Waals surface area (Å²) in [5, 5.41) is 5.68. The highest BCUT2D eigenvalue weighted by Crippen LogP contribution is 2.11. The van der Waals surface area contributed by atoms with E-state index in [0.717, 1.165) is 17.7 Å². The second-order valence-electron chi connectivity index (χ2n) is 5.78. The molecule has 6 nitrogen and oxygen atoms in total. The van der Waals surface area contributed by atoms with Crippen molar-refractivity contribution in [2.24, 2.45) is 0 Å². The zero-order valence-corrected chi connectivity index (χ0v) is 14.7. The third kappa shape index (κ3) is 5.31. The second-order valence-corrected chi connectivity index (χ2v) is 5.78. The van der Waals surface area contributed by atoms with Crippen molar-refractivity contribution in [2.75, 3.05) is 7.11 Å². The lowest BCUT2D eigenvalue weighted by Gasteiger charge is -2.11. The molecule has 25 heavy (non-hydrogen) atoms. The molecule has 1 atom stereocenters. The van der Waals surface area contributed by atoms with Gasteiger partial charge in [0.2, 0.25) is 0 Å². The van der Waals surface area contributed by atoms with E-state index in [1.165, 1.54) is 12.4 Å². The number of amides is 2. The first-order chi connectivity index (χ1) is 12.0. The van der Waals surface area contributed by atoms with Gasteiger partial charge in [0.25, 0.3) is 11.8 Å². The van der Waals surface area contributed by atoms with Crippen LogP contribution in [0.1, 0.15) is 46.5 Å².